The van der Waals surface area contributed by atoms with Crippen LogP contribution in [-0.2, 0) is 0 Å². The quantitative estimate of drug-likeness (QED) is 0.644. The van der Waals surface area contributed by atoms with Gasteiger partial charge in [0.2, 0.25) is 0 Å². The Labute approximate surface area is 80.4 Å². The van der Waals surface area contributed by atoms with Crippen molar-refractivity contribution in [2.24, 2.45) is 0 Å². The van der Waals surface area contributed by atoms with E-state index in [9.17, 15) is 9.59 Å². The molecule has 0 spiro atoms. The van der Waals surface area contributed by atoms with E-state index in [4.69, 9.17) is 5.11 Å². The van der Waals surface area contributed by atoms with Gasteiger partial charge in [-0.2, -0.15) is 0 Å². The number of hydrogen-bond acceptors (Lipinski definition) is 3. The summed E-state index contributed by atoms with van der Waals surface area (Å²) in [7, 11) is 0. The molecule has 0 atom stereocenters. The van der Waals surface area contributed by atoms with Gasteiger partial charge in [0, 0.05) is 6.54 Å². The van der Waals surface area contributed by atoms with Gasteiger partial charge in [0.15, 0.2) is 11.4 Å². The highest BCUT2D eigenvalue weighted by molar-refractivity contribution is 6.02. The van der Waals surface area contributed by atoms with E-state index in [1.165, 1.54) is 6.33 Å². The maximum absolute atomic E-state index is 11.3. The number of carbonyl (C=O) groups excluding carboxylic acids is 1. The number of aromatic amines is 1. The highest BCUT2D eigenvalue weighted by Gasteiger charge is 2.18. The van der Waals surface area contributed by atoms with Crippen LogP contribution >= 0.6 is 0 Å². The van der Waals surface area contributed by atoms with Crippen LogP contribution in [0.25, 0.3) is 0 Å². The number of nitrogens with one attached hydrogen (secondary N) is 2. The van der Waals surface area contributed by atoms with Crippen molar-refractivity contribution < 1.29 is 14.7 Å². The fourth-order valence-corrected chi connectivity index (χ4v) is 0.952. The standard InChI is InChI=1S/C8H11N3O3/c1-2-3-9-7(12)5-6(8(13)14)11-4-10-5/h4H,2-3H2,1H3,(H,9,12)(H,10,11)(H,13,14). The molecule has 0 aromatic carbocycles. The van der Waals surface area contributed by atoms with Crippen LogP contribution in [-0.4, -0.2) is 33.5 Å². The fourth-order valence-electron chi connectivity index (χ4n) is 0.952. The van der Waals surface area contributed by atoms with Crippen LogP contribution in [0.2, 0.25) is 0 Å². The number of carbonyl (C=O) groups is 2. The molecule has 1 heterocycles. The lowest BCUT2D eigenvalue weighted by molar-refractivity contribution is 0.0685. The summed E-state index contributed by atoms with van der Waals surface area (Å²) in [6, 6.07) is 0. The normalized spacial score (nSPS) is 9.79. The van der Waals surface area contributed by atoms with Gasteiger partial charge in [0.1, 0.15) is 0 Å². The van der Waals surface area contributed by atoms with Gasteiger partial charge in [-0.3, -0.25) is 4.79 Å². The maximum Gasteiger partial charge on any atom is 0.354 e. The zero-order valence-electron chi connectivity index (χ0n) is 7.70. The first-order valence-electron chi connectivity index (χ1n) is 4.21. The largest absolute Gasteiger partial charge is 0.477 e. The second kappa shape index (κ2) is 4.40. The van der Waals surface area contributed by atoms with Crippen LogP contribution in [0.3, 0.4) is 0 Å². The summed E-state index contributed by atoms with van der Waals surface area (Å²) in [4.78, 5) is 28.0. The van der Waals surface area contributed by atoms with Crippen LogP contribution in [0.4, 0.5) is 0 Å². The highest BCUT2D eigenvalue weighted by atomic mass is 16.4. The lowest BCUT2D eigenvalue weighted by atomic mass is 10.3. The lowest BCUT2D eigenvalue weighted by Crippen LogP contribution is -2.26. The summed E-state index contributed by atoms with van der Waals surface area (Å²) in [6.45, 7) is 2.41. The molecule has 0 aliphatic carbocycles. The lowest BCUT2D eigenvalue weighted by Gasteiger charge is -2.00. The molecule has 0 unspecified atom stereocenters. The topological polar surface area (TPSA) is 95.1 Å². The Morgan fingerprint density at radius 2 is 2.36 bits per heavy atom. The van der Waals surface area contributed by atoms with Crippen LogP contribution in [0.5, 0.6) is 0 Å². The highest BCUT2D eigenvalue weighted by Crippen LogP contribution is 2.01. The zero-order chi connectivity index (χ0) is 10.6. The van der Waals surface area contributed by atoms with E-state index < -0.39 is 11.9 Å². The number of carboxylic acid groups (broad SMARTS) is 1. The molecule has 1 aromatic rings. The van der Waals surface area contributed by atoms with Crippen LogP contribution in [0.1, 0.15) is 34.3 Å². The average Bonchev–Trinajstić information content (AvgIpc) is 2.62. The molecule has 76 valence electrons. The summed E-state index contributed by atoms with van der Waals surface area (Å²) in [6.07, 6.45) is 1.98. The summed E-state index contributed by atoms with van der Waals surface area (Å²) in [5, 5.41) is 11.2. The number of amides is 1. The van der Waals surface area contributed by atoms with Crippen molar-refractivity contribution in [3.8, 4) is 0 Å². The van der Waals surface area contributed by atoms with Gasteiger partial charge in [-0.15, -0.1) is 0 Å². The van der Waals surface area contributed by atoms with Gasteiger partial charge in [0.25, 0.3) is 5.91 Å². The van der Waals surface area contributed by atoms with Gasteiger partial charge >= 0.3 is 5.97 Å². The number of carboxylic acids is 1. The molecule has 1 amide bonds. The molecular weight excluding hydrogens is 186 g/mol. The van der Waals surface area contributed by atoms with E-state index in [1.807, 2.05) is 6.92 Å². The van der Waals surface area contributed by atoms with Gasteiger partial charge in [-0.25, -0.2) is 9.78 Å². The molecule has 1 rings (SSSR count). The third-order valence-electron chi connectivity index (χ3n) is 1.60. The molecular formula is C8H11N3O3. The third-order valence-corrected chi connectivity index (χ3v) is 1.60. The van der Waals surface area contributed by atoms with Crippen molar-refractivity contribution in [1.29, 1.82) is 0 Å². The number of hydrogen-bond donors (Lipinski definition) is 3. The van der Waals surface area contributed by atoms with Crippen LogP contribution in [0.15, 0.2) is 6.33 Å². The van der Waals surface area contributed by atoms with E-state index in [0.29, 0.717) is 6.54 Å². The van der Waals surface area contributed by atoms with Crippen molar-refractivity contribution in [2.45, 2.75) is 13.3 Å². The number of H-pyrrole nitrogens is 1. The van der Waals surface area contributed by atoms with Crippen LogP contribution in [0, 0.1) is 0 Å². The first-order chi connectivity index (χ1) is 6.66. The Bertz CT molecular complexity index is 345. The van der Waals surface area contributed by atoms with E-state index in [2.05, 4.69) is 15.3 Å². The minimum atomic E-state index is -1.19. The summed E-state index contributed by atoms with van der Waals surface area (Å²) >= 11 is 0. The summed E-state index contributed by atoms with van der Waals surface area (Å²) < 4.78 is 0. The molecule has 0 aliphatic heterocycles. The molecule has 14 heavy (non-hydrogen) atoms. The average molecular weight is 197 g/mol. The minimum absolute atomic E-state index is 0.0778. The predicted octanol–water partition coefficient (Wildman–Crippen LogP) is 0.248. The number of imidazole rings is 1. The van der Waals surface area contributed by atoms with Crippen molar-refractivity contribution in [3.05, 3.63) is 17.7 Å². The summed E-state index contributed by atoms with van der Waals surface area (Å²) in [5.74, 6) is -1.66. The van der Waals surface area contributed by atoms with Gasteiger partial charge in [-0.05, 0) is 6.42 Å². The van der Waals surface area contributed by atoms with Gasteiger partial charge < -0.3 is 15.4 Å². The number of rotatable bonds is 4. The second-order valence-electron chi connectivity index (χ2n) is 2.69. The Hall–Kier alpha value is -1.85. The molecule has 0 radical (unpaired) electrons. The van der Waals surface area contributed by atoms with E-state index in [0.717, 1.165) is 6.42 Å². The Balaban J connectivity index is 2.79. The molecule has 3 N–H and O–H groups in total. The molecule has 6 nitrogen and oxygen atoms in total. The van der Waals surface area contributed by atoms with E-state index >= 15 is 0 Å². The van der Waals surface area contributed by atoms with E-state index in [1.54, 1.807) is 0 Å². The molecule has 0 saturated carbocycles. The van der Waals surface area contributed by atoms with Gasteiger partial charge in [0.05, 0.1) is 6.33 Å². The first kappa shape index (κ1) is 10.2. The molecule has 0 bridgehead atoms. The number of aromatic carboxylic acids is 1. The Morgan fingerprint density at radius 1 is 1.64 bits per heavy atom. The van der Waals surface area contributed by atoms with Crippen molar-refractivity contribution in [2.75, 3.05) is 6.54 Å². The van der Waals surface area contributed by atoms with Crippen molar-refractivity contribution in [3.63, 3.8) is 0 Å². The second-order valence-corrected chi connectivity index (χ2v) is 2.69. The minimum Gasteiger partial charge on any atom is -0.477 e. The van der Waals surface area contributed by atoms with Crippen molar-refractivity contribution >= 4 is 11.9 Å². The van der Waals surface area contributed by atoms with Crippen LogP contribution < -0.4 is 5.32 Å². The van der Waals surface area contributed by atoms with E-state index in [-0.39, 0.29) is 11.4 Å². The van der Waals surface area contributed by atoms with Gasteiger partial charge in [-0.1, -0.05) is 6.92 Å². The van der Waals surface area contributed by atoms with Crippen molar-refractivity contribution in [1.82, 2.24) is 15.3 Å². The fraction of sp³-hybridized carbons (Fsp3) is 0.375. The zero-order valence-corrected chi connectivity index (χ0v) is 7.70. The SMILES string of the molecule is CCCNC(=O)c1nc[nH]c1C(=O)O. The molecule has 1 aromatic heterocycles. The molecule has 0 aliphatic rings. The molecule has 0 fully saturated rings. The first-order valence-corrected chi connectivity index (χ1v) is 4.21. The smallest absolute Gasteiger partial charge is 0.354 e. The predicted molar refractivity (Wildman–Crippen MR) is 48.2 cm³/mol. The summed E-state index contributed by atoms with van der Waals surface area (Å²) in [5.41, 5.74) is -0.260. The maximum atomic E-state index is 11.3. The molecule has 0 saturated heterocycles. The number of nitrogens with zero attached hydrogens (tertiary/aromatic N) is 1. The third kappa shape index (κ3) is 2.09. The Kier molecular flexibility index (Phi) is 3.22. The number of aromatic nitrogens is 2. The monoisotopic (exact) mass is 197 g/mol. The Morgan fingerprint density at radius 3 is 2.93 bits per heavy atom. The molecule has 6 heteroatoms.